The van der Waals surface area contributed by atoms with Gasteiger partial charge in [-0.1, -0.05) is 18.2 Å². The molecule has 124 valence electrons. The molecule has 0 bridgehead atoms. The summed E-state index contributed by atoms with van der Waals surface area (Å²) in [6.07, 6.45) is 0.159. The molecule has 0 aliphatic rings. The lowest BCUT2D eigenvalue weighted by molar-refractivity contribution is -0.129. The maximum atomic E-state index is 13.2. The summed E-state index contributed by atoms with van der Waals surface area (Å²) in [6, 6.07) is 10.1. The third-order valence-corrected chi connectivity index (χ3v) is 4.54. The first-order valence-electron chi connectivity index (χ1n) is 7.51. The number of hydrogen-bond donors (Lipinski definition) is 0. The molecule has 4 nitrogen and oxygen atoms in total. The maximum Gasteiger partial charge on any atom is 0.236 e. The number of rotatable bonds is 5. The quantitative estimate of drug-likeness (QED) is 0.701. The SMILES string of the molecule is Cc1oc(-c2cccs2)nc1CC(=O)N(C)Cc1cccc(F)c1. The molecule has 0 atom stereocenters. The van der Waals surface area contributed by atoms with Crippen molar-refractivity contribution in [2.45, 2.75) is 19.9 Å². The number of oxazole rings is 1. The summed E-state index contributed by atoms with van der Waals surface area (Å²) in [7, 11) is 1.70. The van der Waals surface area contributed by atoms with Crippen LogP contribution in [0.25, 0.3) is 10.8 Å². The molecule has 1 aromatic carbocycles. The monoisotopic (exact) mass is 344 g/mol. The molecule has 1 amide bonds. The number of aromatic nitrogens is 1. The molecule has 0 saturated carbocycles. The Morgan fingerprint density at radius 1 is 1.33 bits per heavy atom. The lowest BCUT2D eigenvalue weighted by Crippen LogP contribution is -2.28. The minimum Gasteiger partial charge on any atom is -0.440 e. The molecule has 3 rings (SSSR count). The first-order valence-corrected chi connectivity index (χ1v) is 8.39. The molecule has 2 heterocycles. The minimum absolute atomic E-state index is 0.0895. The molecule has 0 fully saturated rings. The van der Waals surface area contributed by atoms with E-state index in [9.17, 15) is 9.18 Å². The highest BCUT2D eigenvalue weighted by Gasteiger charge is 2.17. The lowest BCUT2D eigenvalue weighted by Gasteiger charge is -2.16. The van der Waals surface area contributed by atoms with Crippen molar-refractivity contribution in [2.75, 3.05) is 7.05 Å². The number of hydrogen-bond acceptors (Lipinski definition) is 4. The van der Waals surface area contributed by atoms with Crippen LogP contribution < -0.4 is 0 Å². The second-order valence-corrected chi connectivity index (χ2v) is 6.50. The summed E-state index contributed by atoms with van der Waals surface area (Å²) in [5.74, 6) is 0.790. The van der Waals surface area contributed by atoms with E-state index >= 15 is 0 Å². The Bertz CT molecular complexity index is 843. The molecule has 0 aliphatic carbocycles. The van der Waals surface area contributed by atoms with Crippen LogP contribution in [-0.4, -0.2) is 22.8 Å². The number of nitrogens with zero attached hydrogens (tertiary/aromatic N) is 2. The summed E-state index contributed by atoms with van der Waals surface area (Å²) < 4.78 is 18.9. The van der Waals surface area contributed by atoms with Crippen LogP contribution in [0, 0.1) is 12.7 Å². The average Bonchev–Trinajstić information content (AvgIpc) is 3.17. The van der Waals surface area contributed by atoms with Crippen LogP contribution in [0.2, 0.25) is 0 Å². The number of halogens is 1. The van der Waals surface area contributed by atoms with Crippen LogP contribution in [0.15, 0.2) is 46.2 Å². The summed E-state index contributed by atoms with van der Waals surface area (Å²) in [5.41, 5.74) is 1.39. The van der Waals surface area contributed by atoms with Crippen LogP contribution in [0.1, 0.15) is 17.0 Å². The summed E-state index contributed by atoms with van der Waals surface area (Å²) >= 11 is 1.54. The molecule has 6 heteroatoms. The van der Waals surface area contributed by atoms with Crippen LogP contribution in [0.3, 0.4) is 0 Å². The van der Waals surface area contributed by atoms with Gasteiger partial charge in [0.05, 0.1) is 17.0 Å². The fraction of sp³-hybridized carbons (Fsp3) is 0.222. The normalized spacial score (nSPS) is 10.8. The highest BCUT2D eigenvalue weighted by molar-refractivity contribution is 7.13. The maximum absolute atomic E-state index is 13.2. The van der Waals surface area contributed by atoms with Crippen molar-refractivity contribution in [3.63, 3.8) is 0 Å². The molecule has 0 radical (unpaired) electrons. The highest BCUT2D eigenvalue weighted by Crippen LogP contribution is 2.26. The second-order valence-electron chi connectivity index (χ2n) is 5.56. The number of carbonyl (C=O) groups excluding carboxylic acids is 1. The predicted molar refractivity (Wildman–Crippen MR) is 91.1 cm³/mol. The Morgan fingerprint density at radius 3 is 2.88 bits per heavy atom. The Hall–Kier alpha value is -2.47. The fourth-order valence-corrected chi connectivity index (χ4v) is 3.02. The van der Waals surface area contributed by atoms with Crippen LogP contribution in [0.5, 0.6) is 0 Å². The van der Waals surface area contributed by atoms with Gasteiger partial charge in [0, 0.05) is 13.6 Å². The molecular weight excluding hydrogens is 327 g/mol. The summed E-state index contributed by atoms with van der Waals surface area (Å²) in [6.45, 7) is 2.16. The molecule has 2 aromatic heterocycles. The van der Waals surface area contributed by atoms with E-state index in [2.05, 4.69) is 4.98 Å². The van der Waals surface area contributed by atoms with Crippen molar-refractivity contribution in [1.29, 1.82) is 0 Å². The minimum atomic E-state index is -0.304. The van der Waals surface area contributed by atoms with Crippen molar-refractivity contribution >= 4 is 17.2 Å². The van der Waals surface area contributed by atoms with E-state index in [1.54, 1.807) is 31.0 Å². The summed E-state index contributed by atoms with van der Waals surface area (Å²) in [4.78, 5) is 19.3. The zero-order valence-corrected chi connectivity index (χ0v) is 14.3. The van der Waals surface area contributed by atoms with Gasteiger partial charge in [0.15, 0.2) is 0 Å². The van der Waals surface area contributed by atoms with Crippen molar-refractivity contribution in [3.8, 4) is 10.8 Å². The predicted octanol–water partition coefficient (Wildman–Crippen LogP) is 4.05. The smallest absolute Gasteiger partial charge is 0.236 e. The molecule has 3 aromatic rings. The first-order chi connectivity index (χ1) is 11.5. The van der Waals surface area contributed by atoms with Crippen LogP contribution in [-0.2, 0) is 17.8 Å². The van der Waals surface area contributed by atoms with E-state index in [1.165, 1.54) is 23.5 Å². The van der Waals surface area contributed by atoms with E-state index in [4.69, 9.17) is 4.42 Å². The van der Waals surface area contributed by atoms with Crippen molar-refractivity contribution < 1.29 is 13.6 Å². The van der Waals surface area contributed by atoms with Gasteiger partial charge in [0.2, 0.25) is 11.8 Å². The molecule has 0 N–H and O–H groups in total. The third-order valence-electron chi connectivity index (χ3n) is 3.68. The number of aryl methyl sites for hydroxylation is 1. The number of carbonyl (C=O) groups is 1. The van der Waals surface area contributed by atoms with Gasteiger partial charge >= 0.3 is 0 Å². The number of benzene rings is 1. The number of amides is 1. The topological polar surface area (TPSA) is 46.3 Å². The van der Waals surface area contributed by atoms with Gasteiger partial charge in [0.25, 0.3) is 0 Å². The van der Waals surface area contributed by atoms with E-state index in [0.717, 1.165) is 10.4 Å². The van der Waals surface area contributed by atoms with Gasteiger partial charge < -0.3 is 9.32 Å². The van der Waals surface area contributed by atoms with Gasteiger partial charge in [-0.3, -0.25) is 4.79 Å². The second kappa shape index (κ2) is 6.97. The molecule has 0 saturated heterocycles. The highest BCUT2D eigenvalue weighted by atomic mass is 32.1. The van der Waals surface area contributed by atoms with Gasteiger partial charge in [-0.05, 0) is 36.1 Å². The molecule has 0 aliphatic heterocycles. The van der Waals surface area contributed by atoms with Crippen molar-refractivity contribution in [3.05, 3.63) is 64.6 Å². The van der Waals surface area contributed by atoms with E-state index in [0.29, 0.717) is 23.9 Å². The van der Waals surface area contributed by atoms with Gasteiger partial charge in [-0.25, -0.2) is 9.37 Å². The average molecular weight is 344 g/mol. The van der Waals surface area contributed by atoms with E-state index in [-0.39, 0.29) is 18.1 Å². The van der Waals surface area contributed by atoms with Crippen molar-refractivity contribution in [1.82, 2.24) is 9.88 Å². The molecule has 0 spiro atoms. The Balaban J connectivity index is 1.68. The standard InChI is InChI=1S/C18H17FN2O2S/c1-12-15(20-18(23-12)16-7-4-8-24-16)10-17(22)21(2)11-13-5-3-6-14(19)9-13/h3-9H,10-11H2,1-2H3. The van der Waals surface area contributed by atoms with Crippen LogP contribution >= 0.6 is 11.3 Å². The molecule has 24 heavy (non-hydrogen) atoms. The van der Waals surface area contributed by atoms with Crippen LogP contribution in [0.4, 0.5) is 4.39 Å². The Kier molecular flexibility index (Phi) is 4.76. The van der Waals surface area contributed by atoms with Crippen molar-refractivity contribution in [2.24, 2.45) is 0 Å². The largest absolute Gasteiger partial charge is 0.440 e. The lowest BCUT2D eigenvalue weighted by atomic mass is 10.2. The Labute approximate surface area is 143 Å². The van der Waals surface area contributed by atoms with E-state index in [1.807, 2.05) is 17.5 Å². The van der Waals surface area contributed by atoms with Gasteiger partial charge in [-0.2, -0.15) is 0 Å². The fourth-order valence-electron chi connectivity index (χ4n) is 2.37. The number of likely N-dealkylation sites (N-methyl/N-ethyl adjacent to an activating group) is 1. The van der Waals surface area contributed by atoms with Gasteiger partial charge in [0.1, 0.15) is 11.6 Å². The molecular formula is C18H17FN2O2S. The van der Waals surface area contributed by atoms with Gasteiger partial charge in [-0.15, -0.1) is 11.3 Å². The third kappa shape index (κ3) is 3.71. The molecule has 0 unspecified atom stereocenters. The zero-order valence-electron chi connectivity index (χ0n) is 13.5. The summed E-state index contributed by atoms with van der Waals surface area (Å²) in [5, 5.41) is 1.95. The first kappa shape index (κ1) is 16.4. The Morgan fingerprint density at radius 2 is 2.17 bits per heavy atom. The number of thiophene rings is 1. The van der Waals surface area contributed by atoms with E-state index < -0.39 is 0 Å². The zero-order chi connectivity index (χ0) is 17.1.